The quantitative estimate of drug-likeness (QED) is 0.546. The molecule has 8 nitrogen and oxygen atoms in total. The average molecular weight is 529 g/mol. The van der Waals surface area contributed by atoms with Crippen molar-refractivity contribution in [3.63, 3.8) is 0 Å². The van der Waals surface area contributed by atoms with Gasteiger partial charge < -0.3 is 19.1 Å². The van der Waals surface area contributed by atoms with Crippen LogP contribution in [-0.4, -0.2) is 77.8 Å². The summed E-state index contributed by atoms with van der Waals surface area (Å²) in [6.07, 6.45) is 13.6. The van der Waals surface area contributed by atoms with Gasteiger partial charge in [0.1, 0.15) is 11.7 Å². The molecule has 0 radical (unpaired) electrons. The van der Waals surface area contributed by atoms with Gasteiger partial charge in [-0.25, -0.2) is 0 Å². The zero-order valence-corrected chi connectivity index (χ0v) is 23.0. The van der Waals surface area contributed by atoms with Crippen LogP contribution < -0.4 is 9.47 Å². The predicted molar refractivity (Wildman–Crippen MR) is 143 cm³/mol. The van der Waals surface area contributed by atoms with E-state index in [0.29, 0.717) is 12.6 Å². The van der Waals surface area contributed by atoms with Crippen LogP contribution in [0.2, 0.25) is 0 Å². The second-order valence-corrected chi connectivity index (χ2v) is 12.6. The van der Waals surface area contributed by atoms with Crippen molar-refractivity contribution in [2.45, 2.75) is 68.2 Å². The highest BCUT2D eigenvalue weighted by Crippen LogP contribution is 2.75. The van der Waals surface area contributed by atoms with Crippen LogP contribution in [0.1, 0.15) is 48.9 Å². The predicted octanol–water partition coefficient (Wildman–Crippen LogP) is 3.29. The van der Waals surface area contributed by atoms with Crippen molar-refractivity contribution in [1.29, 1.82) is 0 Å². The molecule has 3 fully saturated rings. The fourth-order valence-electron chi connectivity index (χ4n) is 9.18. The van der Waals surface area contributed by atoms with Gasteiger partial charge in [0.05, 0.1) is 31.0 Å². The summed E-state index contributed by atoms with van der Waals surface area (Å²) in [5.74, 6) is 2.45. The zero-order valence-electron chi connectivity index (χ0n) is 23.0. The third kappa shape index (κ3) is 2.89. The van der Waals surface area contributed by atoms with E-state index in [2.05, 4.69) is 33.1 Å². The number of aromatic nitrogens is 2. The molecule has 8 heteroatoms. The van der Waals surface area contributed by atoms with E-state index in [9.17, 15) is 4.79 Å². The minimum atomic E-state index is -0.822. The Balaban J connectivity index is 1.30. The van der Waals surface area contributed by atoms with Crippen LogP contribution in [0, 0.1) is 11.3 Å². The van der Waals surface area contributed by atoms with Crippen LogP contribution in [0.5, 0.6) is 11.5 Å². The molecule has 3 heterocycles. The second-order valence-electron chi connectivity index (χ2n) is 12.6. The molecule has 2 spiro atoms. The molecule has 2 aliphatic heterocycles. The number of piperidine rings is 1. The van der Waals surface area contributed by atoms with Gasteiger partial charge in [-0.05, 0) is 62.6 Å². The highest BCUT2D eigenvalue weighted by molar-refractivity contribution is 5.97. The lowest BCUT2D eigenvalue weighted by Gasteiger charge is -2.70. The highest BCUT2D eigenvalue weighted by Gasteiger charge is 2.79. The molecule has 0 unspecified atom stereocenters. The van der Waals surface area contributed by atoms with Crippen LogP contribution in [0.4, 0.5) is 0 Å². The van der Waals surface area contributed by atoms with E-state index in [4.69, 9.17) is 14.2 Å². The third-order valence-corrected chi connectivity index (χ3v) is 11.0. The van der Waals surface area contributed by atoms with Gasteiger partial charge in [0.25, 0.3) is 5.91 Å². The van der Waals surface area contributed by atoms with Gasteiger partial charge in [-0.2, -0.15) is 0 Å². The van der Waals surface area contributed by atoms with Crippen molar-refractivity contribution in [3.05, 3.63) is 59.2 Å². The standard InChI is InChI=1S/C31H36N4O4/c1-34(18-21-16-32-11-12-33-21)27(36)22-15-29-8-9-31(22,38-3)28-30(29)10-13-35(17-19-4-5-19)24(29)14-20-6-7-23(37-2)26(39-28)25(20)30/h6-7,11-12,15-16,19,24,28H,4-5,8-10,13-14,17-18H2,1-3H3/t24-,28-,29-,30+,31-/m1/s1. The average Bonchev–Trinajstić information content (AvgIpc) is 3.71. The molecule has 2 saturated carbocycles. The minimum absolute atomic E-state index is 0.0134. The summed E-state index contributed by atoms with van der Waals surface area (Å²) >= 11 is 0. The van der Waals surface area contributed by atoms with Crippen molar-refractivity contribution in [3.8, 4) is 11.5 Å². The second kappa shape index (κ2) is 8.04. The Labute approximate surface area is 229 Å². The number of carbonyl (C=O) groups is 1. The van der Waals surface area contributed by atoms with E-state index in [1.165, 1.54) is 24.0 Å². The fourth-order valence-corrected chi connectivity index (χ4v) is 9.18. The van der Waals surface area contributed by atoms with Gasteiger partial charge in [-0.15, -0.1) is 0 Å². The summed E-state index contributed by atoms with van der Waals surface area (Å²) in [6, 6.07) is 4.67. The zero-order chi connectivity index (χ0) is 26.6. The van der Waals surface area contributed by atoms with Crippen LogP contribution in [0.3, 0.4) is 0 Å². The maximum atomic E-state index is 14.3. The van der Waals surface area contributed by atoms with Gasteiger partial charge in [0.2, 0.25) is 0 Å². The van der Waals surface area contributed by atoms with E-state index < -0.39 is 5.60 Å². The van der Waals surface area contributed by atoms with Crippen LogP contribution in [0.15, 0.2) is 42.4 Å². The van der Waals surface area contributed by atoms with Gasteiger partial charge in [0.15, 0.2) is 11.5 Å². The maximum absolute atomic E-state index is 14.3. The van der Waals surface area contributed by atoms with Gasteiger partial charge in [-0.1, -0.05) is 12.1 Å². The SMILES string of the molecule is COc1ccc2c3c1O[C@@H]1[C@]34CCN(CC3CC3)[C@H](C2)[C@@]42C=C(C(=O)N(C)Cc3cnccn3)[C@]1(OC)CC2. The lowest BCUT2D eigenvalue weighted by Crippen LogP contribution is -2.78. The number of rotatable bonds is 7. The first-order valence-corrected chi connectivity index (χ1v) is 14.4. The molecular formula is C31H36N4O4. The summed E-state index contributed by atoms with van der Waals surface area (Å²) in [7, 11) is 5.32. The van der Waals surface area contributed by atoms with Crippen LogP contribution in [0.25, 0.3) is 0 Å². The molecule has 0 N–H and O–H groups in total. The normalized spacial score (nSPS) is 35.2. The van der Waals surface area contributed by atoms with Crippen LogP contribution in [-0.2, 0) is 27.9 Å². The van der Waals surface area contributed by atoms with Crippen molar-refractivity contribution in [2.24, 2.45) is 11.3 Å². The fraction of sp³-hybridized carbons (Fsp3) is 0.581. The molecule has 39 heavy (non-hydrogen) atoms. The molecule has 4 bridgehead atoms. The Hall–Kier alpha value is -2.97. The molecule has 1 aromatic carbocycles. The smallest absolute Gasteiger partial charge is 0.252 e. The summed E-state index contributed by atoms with van der Waals surface area (Å²) in [5, 5.41) is 0. The Morgan fingerprint density at radius 3 is 2.82 bits per heavy atom. The molecule has 5 aliphatic carbocycles. The minimum Gasteiger partial charge on any atom is -0.493 e. The lowest BCUT2D eigenvalue weighted by atomic mass is 9.37. The highest BCUT2D eigenvalue weighted by atomic mass is 16.6. The van der Waals surface area contributed by atoms with E-state index in [1.54, 1.807) is 37.7 Å². The molecule has 9 rings (SSSR count). The van der Waals surface area contributed by atoms with Crippen molar-refractivity contribution in [2.75, 3.05) is 34.4 Å². The first kappa shape index (κ1) is 23.9. The summed E-state index contributed by atoms with van der Waals surface area (Å²) in [6.45, 7) is 2.61. The molecular weight excluding hydrogens is 492 g/mol. The molecule has 1 aromatic heterocycles. The van der Waals surface area contributed by atoms with Crippen molar-refractivity contribution < 1.29 is 19.0 Å². The first-order valence-electron chi connectivity index (χ1n) is 14.4. The van der Waals surface area contributed by atoms with Gasteiger partial charge in [-0.3, -0.25) is 19.7 Å². The molecule has 2 aromatic rings. The van der Waals surface area contributed by atoms with E-state index in [-0.39, 0.29) is 22.8 Å². The number of benzene rings is 1. The summed E-state index contributed by atoms with van der Waals surface area (Å²) in [4.78, 5) is 27.5. The topological polar surface area (TPSA) is 77.0 Å². The molecule has 7 aliphatic rings. The Kier molecular flexibility index (Phi) is 4.92. The lowest BCUT2D eigenvalue weighted by molar-refractivity contribution is -0.198. The summed E-state index contributed by atoms with van der Waals surface area (Å²) in [5.41, 5.74) is 2.98. The first-order chi connectivity index (χ1) is 19.0. The van der Waals surface area contributed by atoms with E-state index in [0.717, 1.165) is 67.5 Å². The number of hydrogen-bond donors (Lipinski definition) is 0. The number of methoxy groups -OCH3 is 2. The number of hydrogen-bond acceptors (Lipinski definition) is 7. The van der Waals surface area contributed by atoms with E-state index in [1.807, 2.05) is 7.05 Å². The number of ether oxygens (including phenoxy) is 3. The van der Waals surface area contributed by atoms with Crippen LogP contribution >= 0.6 is 0 Å². The number of likely N-dealkylation sites (N-methyl/N-ethyl adjacent to an activating group) is 1. The monoisotopic (exact) mass is 528 g/mol. The van der Waals surface area contributed by atoms with Gasteiger partial charge in [0, 0.05) is 55.7 Å². The number of likely N-dealkylation sites (tertiary alicyclic amines) is 1. The van der Waals surface area contributed by atoms with Crippen molar-refractivity contribution >= 4 is 5.91 Å². The number of fused-ring (bicyclic) bond motifs is 1. The maximum Gasteiger partial charge on any atom is 0.252 e. The largest absolute Gasteiger partial charge is 0.493 e. The van der Waals surface area contributed by atoms with Gasteiger partial charge >= 0.3 is 0 Å². The number of nitrogens with zero attached hydrogens (tertiary/aromatic N) is 4. The third-order valence-electron chi connectivity index (χ3n) is 11.0. The van der Waals surface area contributed by atoms with Crippen molar-refractivity contribution in [1.82, 2.24) is 19.8 Å². The molecule has 5 atom stereocenters. The van der Waals surface area contributed by atoms with E-state index >= 15 is 0 Å². The molecule has 1 amide bonds. The Bertz CT molecular complexity index is 1390. The summed E-state index contributed by atoms with van der Waals surface area (Å²) < 4.78 is 19.4. The Morgan fingerprint density at radius 1 is 1.21 bits per heavy atom. The number of amides is 1. The molecule has 1 saturated heterocycles. The Morgan fingerprint density at radius 2 is 2.08 bits per heavy atom. The number of carbonyl (C=O) groups excluding carboxylic acids is 1. The molecule has 204 valence electrons.